The van der Waals surface area contributed by atoms with Gasteiger partial charge in [0.1, 0.15) is 23.8 Å². The summed E-state index contributed by atoms with van der Waals surface area (Å²) in [6.45, 7) is 10.0. The van der Waals surface area contributed by atoms with Crippen molar-refractivity contribution in [3.8, 4) is 17.1 Å². The minimum absolute atomic E-state index is 0.0512. The summed E-state index contributed by atoms with van der Waals surface area (Å²) in [5.41, 5.74) is 1.68. The van der Waals surface area contributed by atoms with Crippen molar-refractivity contribution in [2.45, 2.75) is 53.4 Å². The molecule has 34 heavy (non-hydrogen) atoms. The lowest BCUT2D eigenvalue weighted by atomic mass is 10.0. The number of hydrogen-bond acceptors (Lipinski definition) is 6. The molecule has 2 atom stereocenters. The molecule has 0 fully saturated rings. The smallest absolute Gasteiger partial charge is 0.363 e. The van der Waals surface area contributed by atoms with Crippen LogP contribution in [0.2, 0.25) is 0 Å². The van der Waals surface area contributed by atoms with Crippen LogP contribution in [-0.2, 0) is 11.3 Å². The Morgan fingerprint density at radius 2 is 1.94 bits per heavy atom. The lowest BCUT2D eigenvalue weighted by Crippen LogP contribution is -2.52. The summed E-state index contributed by atoms with van der Waals surface area (Å²) in [5, 5.41) is 14.3. The summed E-state index contributed by atoms with van der Waals surface area (Å²) in [6.07, 6.45) is 1.72. The second kappa shape index (κ2) is 10.8. The lowest BCUT2D eigenvalue weighted by Gasteiger charge is -2.31. The molecule has 11 heteroatoms. The maximum absolute atomic E-state index is 13.1. The number of aromatic nitrogens is 4. The number of benzene rings is 1. The first-order valence-electron chi connectivity index (χ1n) is 11.6. The van der Waals surface area contributed by atoms with Gasteiger partial charge in [0.25, 0.3) is 5.56 Å². The third kappa shape index (κ3) is 4.52. The molecule has 0 amide bonds. The van der Waals surface area contributed by atoms with E-state index in [9.17, 15) is 18.7 Å². The molecule has 1 aromatic carbocycles. The highest BCUT2D eigenvalue weighted by molar-refractivity contribution is 7.78. The minimum atomic E-state index is -2.29. The molecule has 2 aromatic heterocycles. The quantitative estimate of drug-likeness (QED) is 0.277. The SMILES string of the molecule is CCOc1ccc([N+](CC)(CCO)S(=O)O)cc1-c1nn2c(C(CC)CC)nc(C)c2c(=O)[nH]1. The van der Waals surface area contributed by atoms with Gasteiger partial charge in [-0.05, 0) is 39.7 Å². The highest BCUT2D eigenvalue weighted by Crippen LogP contribution is 2.35. The van der Waals surface area contributed by atoms with E-state index in [0.29, 0.717) is 34.8 Å². The number of imidazole rings is 1. The molecule has 0 aliphatic carbocycles. The van der Waals surface area contributed by atoms with E-state index in [1.807, 2.05) is 6.92 Å². The molecule has 0 saturated carbocycles. The summed E-state index contributed by atoms with van der Waals surface area (Å²) in [6, 6.07) is 5.10. The maximum atomic E-state index is 13.1. The molecule has 186 valence electrons. The summed E-state index contributed by atoms with van der Waals surface area (Å²) < 4.78 is 29.6. The van der Waals surface area contributed by atoms with Crippen molar-refractivity contribution in [3.05, 3.63) is 40.1 Å². The molecule has 3 aromatic rings. The zero-order valence-corrected chi connectivity index (χ0v) is 21.2. The van der Waals surface area contributed by atoms with Crippen LogP contribution < -0.4 is 14.2 Å². The molecule has 0 aliphatic heterocycles. The summed E-state index contributed by atoms with van der Waals surface area (Å²) in [4.78, 5) is 20.6. The predicted molar refractivity (Wildman–Crippen MR) is 133 cm³/mol. The number of ether oxygens (including phenoxy) is 1. The van der Waals surface area contributed by atoms with Gasteiger partial charge in [-0.2, -0.15) is 8.10 Å². The Morgan fingerprint density at radius 1 is 1.24 bits per heavy atom. The number of fused-ring (bicyclic) bond motifs is 1. The van der Waals surface area contributed by atoms with Gasteiger partial charge in [0.2, 0.25) is 0 Å². The van der Waals surface area contributed by atoms with Crippen LogP contribution in [0.3, 0.4) is 0 Å². The van der Waals surface area contributed by atoms with E-state index in [1.54, 1.807) is 36.6 Å². The van der Waals surface area contributed by atoms with E-state index in [2.05, 4.69) is 23.8 Å². The summed E-state index contributed by atoms with van der Waals surface area (Å²) in [5.74, 6) is 1.63. The van der Waals surface area contributed by atoms with Crippen LogP contribution >= 0.6 is 0 Å². The fourth-order valence-electron chi connectivity index (χ4n) is 4.38. The largest absolute Gasteiger partial charge is 0.493 e. The first-order chi connectivity index (χ1) is 16.3. The van der Waals surface area contributed by atoms with Gasteiger partial charge < -0.3 is 14.8 Å². The Balaban J connectivity index is 2.32. The van der Waals surface area contributed by atoms with Crippen molar-refractivity contribution in [3.63, 3.8) is 0 Å². The lowest BCUT2D eigenvalue weighted by molar-refractivity contribution is 0.255. The Morgan fingerprint density at radius 3 is 2.50 bits per heavy atom. The van der Waals surface area contributed by atoms with E-state index < -0.39 is 11.3 Å². The van der Waals surface area contributed by atoms with E-state index in [-0.39, 0.29) is 40.9 Å². The molecule has 3 rings (SSSR count). The van der Waals surface area contributed by atoms with Gasteiger partial charge in [-0.1, -0.05) is 13.8 Å². The average Bonchev–Trinajstić information content (AvgIpc) is 3.15. The maximum Gasteiger partial charge on any atom is 0.363 e. The van der Waals surface area contributed by atoms with Crippen LogP contribution in [0.1, 0.15) is 58.0 Å². The average molecular weight is 493 g/mol. The number of rotatable bonds is 11. The van der Waals surface area contributed by atoms with Crippen molar-refractivity contribution in [2.75, 3.05) is 26.3 Å². The highest BCUT2D eigenvalue weighted by Gasteiger charge is 2.36. The Hall–Kier alpha value is -2.60. The van der Waals surface area contributed by atoms with Crippen LogP contribution in [-0.4, -0.2) is 59.8 Å². The standard InChI is InChI=1S/C23H33N5O5S/c1-6-16(7-2)22-24-15(5)20-23(30)25-21(26-27(20)22)18-14-17(10-11-19(18)33-9-4)28(8-3,12-13-29)34(31)32/h10-11,14,16,29H,6-9,12-13H2,1-5H3,(H-,25,26,30,31,32)/p+1. The highest BCUT2D eigenvalue weighted by atomic mass is 32.2. The Labute approximate surface area is 201 Å². The molecule has 0 aliphatic rings. The third-order valence-electron chi connectivity index (χ3n) is 6.31. The zero-order valence-electron chi connectivity index (χ0n) is 20.4. The Bertz CT molecular complexity index is 1240. The second-order valence-corrected chi connectivity index (χ2v) is 9.29. The van der Waals surface area contributed by atoms with Gasteiger partial charge >= 0.3 is 11.3 Å². The molecule has 0 bridgehead atoms. The summed E-state index contributed by atoms with van der Waals surface area (Å²) >= 11 is -2.29. The number of likely N-dealkylation sites (N-methyl/N-ethyl adjacent to an activating group) is 1. The number of nitrogens with zero attached hydrogens (tertiary/aromatic N) is 4. The van der Waals surface area contributed by atoms with Gasteiger partial charge in [0, 0.05) is 18.1 Å². The van der Waals surface area contributed by atoms with Crippen LogP contribution in [0.15, 0.2) is 23.0 Å². The normalized spacial score (nSPS) is 14.5. The number of H-pyrrole nitrogens is 1. The molecule has 2 unspecified atom stereocenters. The topological polar surface area (TPSA) is 130 Å². The van der Waals surface area contributed by atoms with Crippen LogP contribution in [0.5, 0.6) is 5.75 Å². The number of quaternary nitrogens is 1. The minimum Gasteiger partial charge on any atom is -0.493 e. The number of nitrogens with one attached hydrogen (secondary N) is 1. The van der Waals surface area contributed by atoms with Crippen molar-refractivity contribution >= 4 is 22.5 Å². The molecule has 0 radical (unpaired) electrons. The van der Waals surface area contributed by atoms with Gasteiger partial charge in [0.15, 0.2) is 11.3 Å². The monoisotopic (exact) mass is 492 g/mol. The van der Waals surface area contributed by atoms with Crippen LogP contribution in [0.25, 0.3) is 16.9 Å². The van der Waals surface area contributed by atoms with Crippen molar-refractivity contribution in [1.29, 1.82) is 0 Å². The molecular weight excluding hydrogens is 458 g/mol. The fourth-order valence-corrected chi connectivity index (χ4v) is 5.13. The van der Waals surface area contributed by atoms with E-state index in [0.717, 1.165) is 18.7 Å². The molecule has 0 saturated heterocycles. The molecule has 10 nitrogen and oxygen atoms in total. The first kappa shape index (κ1) is 26.0. The molecule has 2 heterocycles. The third-order valence-corrected chi connectivity index (χ3v) is 7.56. The van der Waals surface area contributed by atoms with Gasteiger partial charge in [0.05, 0.1) is 31.0 Å². The first-order valence-corrected chi connectivity index (χ1v) is 12.7. The molecule has 3 N–H and O–H groups in total. The molecular formula is C23H34N5O5S+. The molecule has 0 spiro atoms. The van der Waals surface area contributed by atoms with Gasteiger partial charge in [-0.25, -0.2) is 9.50 Å². The van der Waals surface area contributed by atoms with Crippen LogP contribution in [0.4, 0.5) is 5.69 Å². The number of hydrogen-bond donors (Lipinski definition) is 3. The number of aromatic amines is 1. The van der Waals surface area contributed by atoms with Crippen molar-refractivity contribution < 1.29 is 18.6 Å². The van der Waals surface area contributed by atoms with Crippen LogP contribution in [0, 0.1) is 6.92 Å². The van der Waals surface area contributed by atoms with Gasteiger partial charge in [-0.15, -0.1) is 5.10 Å². The fraction of sp³-hybridized carbons (Fsp3) is 0.522. The zero-order chi connectivity index (χ0) is 25.0. The number of aliphatic hydroxyl groups excluding tert-OH is 1. The predicted octanol–water partition coefficient (Wildman–Crippen LogP) is 3.15. The summed E-state index contributed by atoms with van der Waals surface area (Å²) in [7, 11) is 0. The van der Waals surface area contributed by atoms with Crippen molar-refractivity contribution in [1.82, 2.24) is 23.5 Å². The van der Waals surface area contributed by atoms with Crippen molar-refractivity contribution in [2.24, 2.45) is 0 Å². The van der Waals surface area contributed by atoms with E-state index in [4.69, 9.17) is 9.84 Å². The number of aliphatic hydroxyl groups is 1. The van der Waals surface area contributed by atoms with E-state index in [1.165, 1.54) is 0 Å². The Kier molecular flexibility index (Phi) is 8.24. The van der Waals surface area contributed by atoms with Gasteiger partial charge in [-0.3, -0.25) is 9.35 Å². The second-order valence-electron chi connectivity index (χ2n) is 8.13. The van der Waals surface area contributed by atoms with E-state index >= 15 is 0 Å². The number of aryl methyl sites for hydroxylation is 1.